The van der Waals surface area contributed by atoms with Gasteiger partial charge in [-0.05, 0) is 18.6 Å². The van der Waals surface area contributed by atoms with Crippen molar-refractivity contribution in [3.05, 3.63) is 45.9 Å². The first kappa shape index (κ1) is 13.3. The number of nitrogens with one attached hydrogen (secondary N) is 1. The molecular formula is C15H17N3OS. The van der Waals surface area contributed by atoms with Crippen LogP contribution in [0.4, 0.5) is 5.69 Å². The van der Waals surface area contributed by atoms with Gasteiger partial charge < -0.3 is 10.2 Å². The lowest BCUT2D eigenvalue weighted by Gasteiger charge is -2.32. The number of fused-ring (bicyclic) bond motifs is 1. The fourth-order valence-electron chi connectivity index (χ4n) is 2.54. The van der Waals surface area contributed by atoms with Crippen LogP contribution in [0.25, 0.3) is 0 Å². The van der Waals surface area contributed by atoms with Crippen molar-refractivity contribution in [3.8, 4) is 0 Å². The number of carbonyl (C=O) groups excluding carboxylic acids is 1. The number of hydrogen-bond acceptors (Lipinski definition) is 4. The molecule has 0 fully saturated rings. The smallest absolute Gasteiger partial charge is 0.228 e. The van der Waals surface area contributed by atoms with E-state index in [0.717, 1.165) is 17.2 Å². The Balaban J connectivity index is 1.80. The average Bonchev–Trinajstić information content (AvgIpc) is 2.87. The number of carbonyl (C=O) groups is 1. The third-order valence-corrected chi connectivity index (χ3v) is 4.53. The molecule has 1 unspecified atom stereocenters. The highest BCUT2D eigenvalue weighted by atomic mass is 32.1. The summed E-state index contributed by atoms with van der Waals surface area (Å²) in [5, 5.41) is 4.55. The number of anilines is 1. The van der Waals surface area contributed by atoms with Crippen LogP contribution in [-0.2, 0) is 11.3 Å². The van der Waals surface area contributed by atoms with E-state index in [2.05, 4.69) is 16.4 Å². The Kier molecular flexibility index (Phi) is 3.54. The Labute approximate surface area is 122 Å². The first-order valence-corrected chi connectivity index (χ1v) is 7.47. The molecule has 1 aliphatic rings. The zero-order chi connectivity index (χ0) is 14.1. The second kappa shape index (κ2) is 5.34. The monoisotopic (exact) mass is 287 g/mol. The highest BCUT2D eigenvalue weighted by Crippen LogP contribution is 2.33. The quantitative estimate of drug-likeness (QED) is 0.944. The van der Waals surface area contributed by atoms with Crippen LogP contribution in [0.5, 0.6) is 0 Å². The summed E-state index contributed by atoms with van der Waals surface area (Å²) in [6, 6.07) is 8.16. The summed E-state index contributed by atoms with van der Waals surface area (Å²) in [5.41, 5.74) is 2.19. The summed E-state index contributed by atoms with van der Waals surface area (Å²) < 4.78 is 0. The normalized spacial score (nSPS) is 18.2. The summed E-state index contributed by atoms with van der Waals surface area (Å²) in [7, 11) is 1.84. The molecule has 1 N–H and O–H groups in total. The largest absolute Gasteiger partial charge is 0.315 e. The maximum Gasteiger partial charge on any atom is 0.228 e. The van der Waals surface area contributed by atoms with Crippen LogP contribution in [0, 0.1) is 6.92 Å². The van der Waals surface area contributed by atoms with E-state index in [1.807, 2.05) is 38.4 Å². The number of aromatic nitrogens is 1. The van der Waals surface area contributed by atoms with E-state index < -0.39 is 0 Å². The van der Waals surface area contributed by atoms with Crippen LogP contribution in [0.3, 0.4) is 0 Å². The third kappa shape index (κ3) is 2.46. The molecule has 5 heteroatoms. The van der Waals surface area contributed by atoms with Crippen LogP contribution < -0.4 is 10.2 Å². The van der Waals surface area contributed by atoms with Gasteiger partial charge in [0.05, 0.1) is 5.01 Å². The Morgan fingerprint density at radius 2 is 2.25 bits per heavy atom. The van der Waals surface area contributed by atoms with Crippen LogP contribution in [0.1, 0.15) is 27.9 Å². The maximum atomic E-state index is 12.1. The molecule has 0 aliphatic carbocycles. The molecule has 2 aromatic rings. The summed E-state index contributed by atoms with van der Waals surface area (Å²) in [4.78, 5) is 19.3. The van der Waals surface area contributed by atoms with Gasteiger partial charge >= 0.3 is 0 Å². The van der Waals surface area contributed by atoms with Gasteiger partial charge in [-0.2, -0.15) is 0 Å². The van der Waals surface area contributed by atoms with Crippen molar-refractivity contribution in [2.24, 2.45) is 0 Å². The van der Waals surface area contributed by atoms with Crippen molar-refractivity contribution < 1.29 is 4.79 Å². The van der Waals surface area contributed by atoms with Gasteiger partial charge in [0.2, 0.25) is 5.91 Å². The van der Waals surface area contributed by atoms with E-state index in [1.165, 1.54) is 10.4 Å². The van der Waals surface area contributed by atoms with E-state index in [-0.39, 0.29) is 11.9 Å². The summed E-state index contributed by atoms with van der Waals surface area (Å²) in [6.45, 7) is 2.75. The molecule has 3 rings (SSSR count). The van der Waals surface area contributed by atoms with E-state index >= 15 is 0 Å². The van der Waals surface area contributed by atoms with Gasteiger partial charge in [-0.3, -0.25) is 4.79 Å². The molecule has 2 heterocycles. The van der Waals surface area contributed by atoms with E-state index in [1.54, 1.807) is 16.2 Å². The Morgan fingerprint density at radius 3 is 3.00 bits per heavy atom. The number of amides is 1. The zero-order valence-electron chi connectivity index (χ0n) is 11.6. The highest BCUT2D eigenvalue weighted by molar-refractivity contribution is 7.11. The zero-order valence-corrected chi connectivity index (χ0v) is 12.4. The SMILES string of the molecule is Cc1ncc(CNC2CC(=O)N(C)c3ccccc32)s1. The summed E-state index contributed by atoms with van der Waals surface area (Å²) in [6.07, 6.45) is 2.40. The summed E-state index contributed by atoms with van der Waals surface area (Å²) >= 11 is 1.69. The molecule has 0 bridgehead atoms. The number of para-hydroxylation sites is 1. The van der Waals surface area contributed by atoms with Gasteiger partial charge in [0, 0.05) is 42.8 Å². The first-order chi connectivity index (χ1) is 9.65. The molecule has 4 nitrogen and oxygen atoms in total. The Bertz CT molecular complexity index is 638. The van der Waals surface area contributed by atoms with Crippen LogP contribution in [0.15, 0.2) is 30.5 Å². The average molecular weight is 287 g/mol. The molecule has 0 saturated carbocycles. The van der Waals surface area contributed by atoms with Gasteiger partial charge in [-0.25, -0.2) is 4.98 Å². The molecule has 1 amide bonds. The van der Waals surface area contributed by atoms with Crippen LogP contribution >= 0.6 is 11.3 Å². The van der Waals surface area contributed by atoms with Crippen molar-refractivity contribution in [3.63, 3.8) is 0 Å². The van der Waals surface area contributed by atoms with Crippen molar-refractivity contribution in [1.82, 2.24) is 10.3 Å². The molecule has 0 spiro atoms. The molecule has 0 radical (unpaired) electrons. The lowest BCUT2D eigenvalue weighted by Crippen LogP contribution is -2.37. The van der Waals surface area contributed by atoms with Gasteiger partial charge in [0.15, 0.2) is 0 Å². The maximum absolute atomic E-state index is 12.1. The van der Waals surface area contributed by atoms with E-state index in [0.29, 0.717) is 6.42 Å². The molecule has 1 atom stereocenters. The number of aryl methyl sites for hydroxylation is 1. The molecule has 1 aliphatic heterocycles. The number of thiazole rings is 1. The Morgan fingerprint density at radius 1 is 1.45 bits per heavy atom. The predicted octanol–water partition coefficient (Wildman–Crippen LogP) is 2.65. The number of rotatable bonds is 3. The fourth-order valence-corrected chi connectivity index (χ4v) is 3.28. The minimum Gasteiger partial charge on any atom is -0.315 e. The van der Waals surface area contributed by atoms with E-state index in [4.69, 9.17) is 0 Å². The summed E-state index contributed by atoms with van der Waals surface area (Å²) in [5.74, 6) is 0.154. The molecule has 104 valence electrons. The minimum absolute atomic E-state index is 0.0808. The van der Waals surface area contributed by atoms with Crippen molar-refractivity contribution >= 4 is 22.9 Å². The second-order valence-corrected chi connectivity index (χ2v) is 6.31. The van der Waals surface area contributed by atoms with Crippen molar-refractivity contribution in [2.75, 3.05) is 11.9 Å². The standard InChI is InChI=1S/C15H17N3OS/c1-10-16-8-11(20-10)9-17-13-7-15(19)18(2)14-6-4-3-5-12(13)14/h3-6,8,13,17H,7,9H2,1-2H3. The second-order valence-electron chi connectivity index (χ2n) is 4.99. The van der Waals surface area contributed by atoms with E-state index in [9.17, 15) is 4.79 Å². The first-order valence-electron chi connectivity index (χ1n) is 6.65. The van der Waals surface area contributed by atoms with Gasteiger partial charge in [0.1, 0.15) is 0 Å². The van der Waals surface area contributed by atoms with Gasteiger partial charge in [-0.15, -0.1) is 11.3 Å². The van der Waals surface area contributed by atoms with Gasteiger partial charge in [-0.1, -0.05) is 18.2 Å². The highest BCUT2D eigenvalue weighted by Gasteiger charge is 2.28. The topological polar surface area (TPSA) is 45.2 Å². The van der Waals surface area contributed by atoms with Crippen LogP contribution in [-0.4, -0.2) is 17.9 Å². The van der Waals surface area contributed by atoms with Crippen molar-refractivity contribution in [2.45, 2.75) is 25.9 Å². The number of hydrogen-bond donors (Lipinski definition) is 1. The Hall–Kier alpha value is -1.72. The third-order valence-electron chi connectivity index (χ3n) is 3.62. The van der Waals surface area contributed by atoms with Crippen LogP contribution in [0.2, 0.25) is 0 Å². The molecular weight excluding hydrogens is 270 g/mol. The molecule has 1 aromatic heterocycles. The minimum atomic E-state index is 0.0808. The lowest BCUT2D eigenvalue weighted by molar-refractivity contribution is -0.119. The fraction of sp³-hybridized carbons (Fsp3) is 0.333. The molecule has 1 aromatic carbocycles. The predicted molar refractivity (Wildman–Crippen MR) is 80.9 cm³/mol. The van der Waals surface area contributed by atoms with Crippen molar-refractivity contribution in [1.29, 1.82) is 0 Å². The number of nitrogens with zero attached hydrogens (tertiary/aromatic N) is 2. The molecule has 20 heavy (non-hydrogen) atoms. The van der Waals surface area contributed by atoms with Gasteiger partial charge in [0.25, 0.3) is 0 Å². The molecule has 0 saturated heterocycles. The number of benzene rings is 1. The lowest BCUT2D eigenvalue weighted by atomic mass is 9.96.